The van der Waals surface area contributed by atoms with E-state index in [0.29, 0.717) is 16.9 Å². The van der Waals surface area contributed by atoms with Gasteiger partial charge in [-0.05, 0) is 50.2 Å². The molecule has 148 valence electrons. The van der Waals surface area contributed by atoms with Crippen LogP contribution >= 0.6 is 0 Å². The van der Waals surface area contributed by atoms with Crippen molar-refractivity contribution < 1.29 is 8.42 Å². The normalized spacial score (nSPS) is 15.8. The van der Waals surface area contributed by atoms with Crippen LogP contribution in [-0.4, -0.2) is 30.2 Å². The average Bonchev–Trinajstić information content (AvgIpc) is 3.09. The summed E-state index contributed by atoms with van der Waals surface area (Å²) < 4.78 is 28.0. The van der Waals surface area contributed by atoms with E-state index in [0.717, 1.165) is 18.4 Å². The molecular weight excluding hydrogens is 378 g/mol. The largest absolute Gasteiger partial charge is 0.338 e. The fourth-order valence-corrected chi connectivity index (χ4v) is 4.49. The predicted octanol–water partition coefficient (Wildman–Crippen LogP) is 2.88. The second-order valence-electron chi connectivity index (χ2n) is 7.01. The van der Waals surface area contributed by atoms with E-state index in [9.17, 15) is 13.2 Å². The SMILES string of the molecule is CNS(=O)(=O)c1ccc(Nc2nn(C3CCCCC3)c3cc[nH]c(=O)c23)cc1. The molecule has 1 aliphatic rings. The Balaban J connectivity index is 1.72. The Kier molecular flexibility index (Phi) is 4.94. The zero-order valence-electron chi connectivity index (χ0n) is 15.6. The molecule has 28 heavy (non-hydrogen) atoms. The Labute approximate surface area is 163 Å². The Morgan fingerprint density at radius 3 is 2.50 bits per heavy atom. The lowest BCUT2D eigenvalue weighted by molar-refractivity contribution is 0.338. The molecule has 0 radical (unpaired) electrons. The molecule has 0 saturated heterocycles. The minimum absolute atomic E-state index is 0.177. The first kappa shape index (κ1) is 18.7. The Morgan fingerprint density at radius 2 is 1.82 bits per heavy atom. The van der Waals surface area contributed by atoms with Crippen molar-refractivity contribution in [2.45, 2.75) is 43.0 Å². The number of nitrogens with zero attached hydrogens (tertiary/aromatic N) is 2. The predicted molar refractivity (Wildman–Crippen MR) is 108 cm³/mol. The monoisotopic (exact) mass is 401 g/mol. The molecule has 2 heterocycles. The van der Waals surface area contributed by atoms with Crippen LogP contribution in [0.5, 0.6) is 0 Å². The molecule has 1 saturated carbocycles. The van der Waals surface area contributed by atoms with Crippen molar-refractivity contribution in [1.29, 1.82) is 0 Å². The van der Waals surface area contributed by atoms with E-state index in [1.165, 1.54) is 38.4 Å². The van der Waals surface area contributed by atoms with E-state index in [4.69, 9.17) is 5.10 Å². The van der Waals surface area contributed by atoms with Crippen LogP contribution in [0.1, 0.15) is 38.1 Å². The number of aromatic nitrogens is 3. The van der Waals surface area contributed by atoms with Crippen LogP contribution in [0.4, 0.5) is 11.5 Å². The summed E-state index contributed by atoms with van der Waals surface area (Å²) in [6, 6.07) is 8.51. The number of anilines is 2. The third kappa shape index (κ3) is 3.43. The number of fused-ring (bicyclic) bond motifs is 1. The molecule has 1 fully saturated rings. The molecule has 0 spiro atoms. The first-order chi connectivity index (χ1) is 13.5. The van der Waals surface area contributed by atoms with Gasteiger partial charge in [0, 0.05) is 11.9 Å². The van der Waals surface area contributed by atoms with Gasteiger partial charge in [0.05, 0.1) is 16.5 Å². The smallest absolute Gasteiger partial charge is 0.261 e. The third-order valence-electron chi connectivity index (χ3n) is 5.25. The van der Waals surface area contributed by atoms with E-state index in [1.54, 1.807) is 18.3 Å². The maximum atomic E-state index is 12.5. The molecule has 2 aromatic heterocycles. The minimum atomic E-state index is -3.49. The van der Waals surface area contributed by atoms with Crippen LogP contribution in [0.15, 0.2) is 46.2 Å². The van der Waals surface area contributed by atoms with E-state index in [2.05, 4.69) is 15.0 Å². The molecule has 0 unspecified atom stereocenters. The molecule has 4 rings (SSSR count). The Morgan fingerprint density at radius 1 is 1.11 bits per heavy atom. The number of pyridine rings is 1. The summed E-state index contributed by atoms with van der Waals surface area (Å²) in [6.45, 7) is 0. The van der Waals surface area contributed by atoms with Gasteiger partial charge in [-0.25, -0.2) is 13.1 Å². The molecule has 8 nitrogen and oxygen atoms in total. The highest BCUT2D eigenvalue weighted by Gasteiger charge is 2.22. The van der Waals surface area contributed by atoms with Crippen LogP contribution in [0.2, 0.25) is 0 Å². The van der Waals surface area contributed by atoms with Gasteiger partial charge in [-0.2, -0.15) is 5.10 Å². The van der Waals surface area contributed by atoms with E-state index < -0.39 is 10.0 Å². The number of H-pyrrole nitrogens is 1. The quantitative estimate of drug-likeness (QED) is 0.609. The van der Waals surface area contributed by atoms with Crippen LogP contribution < -0.4 is 15.6 Å². The standard InChI is InChI=1S/C19H23N5O3S/c1-20-28(26,27)15-9-7-13(8-10-15)22-18-17-16(11-12-21-19(17)25)24(23-18)14-5-3-2-4-6-14/h7-12,14,20H,2-6H2,1H3,(H,21,25)(H,22,23). The first-order valence-corrected chi connectivity index (χ1v) is 10.9. The lowest BCUT2D eigenvalue weighted by atomic mass is 9.95. The summed E-state index contributed by atoms with van der Waals surface area (Å²) in [4.78, 5) is 15.4. The fourth-order valence-electron chi connectivity index (χ4n) is 3.76. The molecule has 3 aromatic rings. The molecule has 0 amide bonds. The van der Waals surface area contributed by atoms with Crippen molar-refractivity contribution in [1.82, 2.24) is 19.5 Å². The zero-order valence-corrected chi connectivity index (χ0v) is 16.4. The number of benzene rings is 1. The van der Waals surface area contributed by atoms with Crippen LogP contribution in [0.3, 0.4) is 0 Å². The fraction of sp³-hybridized carbons (Fsp3) is 0.368. The summed E-state index contributed by atoms with van der Waals surface area (Å²) in [7, 11) is -2.12. The molecule has 3 N–H and O–H groups in total. The zero-order chi connectivity index (χ0) is 19.7. The van der Waals surface area contributed by atoms with Gasteiger partial charge in [-0.1, -0.05) is 19.3 Å². The lowest BCUT2D eigenvalue weighted by Crippen LogP contribution is -2.18. The summed E-state index contributed by atoms with van der Waals surface area (Å²) >= 11 is 0. The van der Waals surface area contributed by atoms with Gasteiger partial charge in [-0.3, -0.25) is 9.48 Å². The lowest BCUT2D eigenvalue weighted by Gasteiger charge is -2.22. The van der Waals surface area contributed by atoms with Gasteiger partial charge in [0.15, 0.2) is 5.82 Å². The topological polar surface area (TPSA) is 109 Å². The van der Waals surface area contributed by atoms with E-state index in [1.807, 2.05) is 10.7 Å². The second-order valence-corrected chi connectivity index (χ2v) is 8.90. The van der Waals surface area contributed by atoms with Crippen LogP contribution in [0, 0.1) is 0 Å². The van der Waals surface area contributed by atoms with Gasteiger partial charge in [0.2, 0.25) is 10.0 Å². The number of nitrogens with one attached hydrogen (secondary N) is 3. The number of hydrogen-bond acceptors (Lipinski definition) is 5. The van der Waals surface area contributed by atoms with E-state index in [-0.39, 0.29) is 16.5 Å². The Bertz CT molecular complexity index is 1140. The van der Waals surface area contributed by atoms with Crippen molar-refractivity contribution in [2.75, 3.05) is 12.4 Å². The first-order valence-electron chi connectivity index (χ1n) is 9.40. The van der Waals surface area contributed by atoms with Gasteiger partial charge >= 0.3 is 0 Å². The molecule has 0 aliphatic heterocycles. The van der Waals surface area contributed by atoms with Gasteiger partial charge in [0.1, 0.15) is 5.39 Å². The van der Waals surface area contributed by atoms with Crippen molar-refractivity contribution in [3.8, 4) is 0 Å². The molecule has 0 bridgehead atoms. The number of hydrogen-bond donors (Lipinski definition) is 3. The Hall–Kier alpha value is -2.65. The highest BCUT2D eigenvalue weighted by Crippen LogP contribution is 2.32. The van der Waals surface area contributed by atoms with Gasteiger partial charge in [0.25, 0.3) is 5.56 Å². The van der Waals surface area contributed by atoms with E-state index >= 15 is 0 Å². The highest BCUT2D eigenvalue weighted by atomic mass is 32.2. The summed E-state index contributed by atoms with van der Waals surface area (Å²) in [5, 5.41) is 8.40. The number of sulfonamides is 1. The average molecular weight is 401 g/mol. The minimum Gasteiger partial charge on any atom is -0.338 e. The summed E-state index contributed by atoms with van der Waals surface area (Å²) in [5.74, 6) is 0.478. The van der Waals surface area contributed by atoms with Crippen molar-refractivity contribution in [2.24, 2.45) is 0 Å². The van der Waals surface area contributed by atoms with Crippen LogP contribution in [0.25, 0.3) is 10.9 Å². The number of aromatic amines is 1. The molecule has 1 aromatic carbocycles. The number of rotatable bonds is 5. The van der Waals surface area contributed by atoms with Crippen molar-refractivity contribution in [3.05, 3.63) is 46.9 Å². The highest BCUT2D eigenvalue weighted by molar-refractivity contribution is 7.89. The van der Waals surface area contributed by atoms with Gasteiger partial charge in [-0.15, -0.1) is 0 Å². The molecule has 1 aliphatic carbocycles. The van der Waals surface area contributed by atoms with Crippen LogP contribution in [-0.2, 0) is 10.0 Å². The molecule has 0 atom stereocenters. The van der Waals surface area contributed by atoms with Crippen molar-refractivity contribution in [3.63, 3.8) is 0 Å². The third-order valence-corrected chi connectivity index (χ3v) is 6.68. The van der Waals surface area contributed by atoms with Gasteiger partial charge < -0.3 is 10.3 Å². The second kappa shape index (κ2) is 7.40. The summed E-state index contributed by atoms with van der Waals surface area (Å²) in [6.07, 6.45) is 7.33. The molecular formula is C19H23N5O3S. The molecule has 9 heteroatoms. The maximum absolute atomic E-state index is 12.5. The summed E-state index contributed by atoms with van der Waals surface area (Å²) in [5.41, 5.74) is 1.28. The van der Waals surface area contributed by atoms with Crippen molar-refractivity contribution >= 4 is 32.4 Å². The maximum Gasteiger partial charge on any atom is 0.261 e.